The number of benzene rings is 1. The molecule has 1 amide bonds. The lowest BCUT2D eigenvalue weighted by Crippen LogP contribution is -2.39. The van der Waals surface area contributed by atoms with Gasteiger partial charge in [0.05, 0.1) is 23.6 Å². The zero-order chi connectivity index (χ0) is 20.8. The molecular formula is C23H28ClN3O3. The van der Waals surface area contributed by atoms with Crippen LogP contribution in [0, 0.1) is 11.3 Å². The minimum atomic E-state index is -0.245. The number of nitrogens with zero attached hydrogens (tertiary/aromatic N) is 3. The van der Waals surface area contributed by atoms with Crippen molar-refractivity contribution in [2.75, 3.05) is 32.7 Å². The van der Waals surface area contributed by atoms with Crippen molar-refractivity contribution in [2.45, 2.75) is 33.1 Å². The van der Waals surface area contributed by atoms with Gasteiger partial charge in [0.2, 0.25) is 0 Å². The molecule has 0 aliphatic heterocycles. The SMILES string of the molecule is CCN(CC)CCN(CCC#N)C(=O)c1coc2c1C(=O)c1ccccc1CC2.Cl. The minimum absolute atomic E-state index is 0. The van der Waals surface area contributed by atoms with Crippen molar-refractivity contribution < 1.29 is 14.0 Å². The third-order valence-corrected chi connectivity index (χ3v) is 5.57. The summed E-state index contributed by atoms with van der Waals surface area (Å²) in [6, 6.07) is 9.62. The van der Waals surface area contributed by atoms with Crippen LogP contribution in [-0.4, -0.2) is 54.2 Å². The van der Waals surface area contributed by atoms with Gasteiger partial charge >= 0.3 is 0 Å². The van der Waals surface area contributed by atoms with Crippen LogP contribution in [0.5, 0.6) is 0 Å². The second-order valence-electron chi connectivity index (χ2n) is 7.16. The van der Waals surface area contributed by atoms with E-state index < -0.39 is 0 Å². The molecule has 0 fully saturated rings. The predicted molar refractivity (Wildman–Crippen MR) is 117 cm³/mol. The first kappa shape index (κ1) is 23.7. The Bertz CT molecular complexity index is 928. The molecule has 160 valence electrons. The standard InChI is InChI=1S/C23H27N3O3.ClH/c1-3-25(4-2)14-15-26(13-7-12-24)23(28)19-16-29-20-11-10-17-8-5-6-9-18(17)22(27)21(19)20;/h5-6,8-9,16H,3-4,7,10-11,13-15H2,1-2H3;1H. The molecule has 3 rings (SSSR count). The molecule has 2 aromatic rings. The molecule has 7 heteroatoms. The number of ketones is 1. The number of furan rings is 1. The molecular weight excluding hydrogens is 402 g/mol. The fraction of sp³-hybridized carbons (Fsp3) is 0.435. The van der Waals surface area contributed by atoms with Gasteiger partial charge in [-0.05, 0) is 25.1 Å². The Morgan fingerprint density at radius 1 is 1.13 bits per heavy atom. The maximum atomic E-state index is 13.3. The van der Waals surface area contributed by atoms with Crippen molar-refractivity contribution in [1.82, 2.24) is 9.80 Å². The molecule has 6 nitrogen and oxygen atoms in total. The second-order valence-corrected chi connectivity index (χ2v) is 7.16. The summed E-state index contributed by atoms with van der Waals surface area (Å²) in [6.07, 6.45) is 2.95. The third-order valence-electron chi connectivity index (χ3n) is 5.57. The monoisotopic (exact) mass is 429 g/mol. The molecule has 1 aliphatic rings. The van der Waals surface area contributed by atoms with Crippen LogP contribution in [0.3, 0.4) is 0 Å². The number of hydrogen-bond acceptors (Lipinski definition) is 5. The van der Waals surface area contributed by atoms with E-state index in [1.165, 1.54) is 6.26 Å². The Labute approximate surface area is 183 Å². The number of rotatable bonds is 8. The lowest BCUT2D eigenvalue weighted by molar-refractivity contribution is 0.0736. The molecule has 0 saturated carbocycles. The Balaban J connectivity index is 0.00000320. The van der Waals surface area contributed by atoms with E-state index in [-0.39, 0.29) is 30.5 Å². The number of likely N-dealkylation sites (N-methyl/N-ethyl adjacent to an activating group) is 1. The van der Waals surface area contributed by atoms with Crippen LogP contribution in [-0.2, 0) is 12.8 Å². The van der Waals surface area contributed by atoms with E-state index in [1.54, 1.807) is 4.90 Å². The van der Waals surface area contributed by atoms with Gasteiger partial charge in [0, 0.05) is 31.6 Å². The van der Waals surface area contributed by atoms with E-state index in [1.807, 2.05) is 24.3 Å². The van der Waals surface area contributed by atoms with Crippen LogP contribution in [0.2, 0.25) is 0 Å². The maximum Gasteiger partial charge on any atom is 0.257 e. The quantitative estimate of drug-likeness (QED) is 0.638. The van der Waals surface area contributed by atoms with Crippen LogP contribution >= 0.6 is 12.4 Å². The predicted octanol–water partition coefficient (Wildman–Crippen LogP) is 3.73. The molecule has 1 aliphatic carbocycles. The minimum Gasteiger partial charge on any atom is -0.468 e. The highest BCUT2D eigenvalue weighted by Crippen LogP contribution is 2.29. The second kappa shape index (κ2) is 11.0. The number of hydrogen-bond donors (Lipinski definition) is 0. The average molecular weight is 430 g/mol. The summed E-state index contributed by atoms with van der Waals surface area (Å²) in [6.45, 7) is 7.52. The fourth-order valence-corrected chi connectivity index (χ4v) is 3.80. The van der Waals surface area contributed by atoms with E-state index in [0.717, 1.165) is 25.2 Å². The zero-order valence-electron chi connectivity index (χ0n) is 17.5. The molecule has 0 saturated heterocycles. The molecule has 1 aromatic carbocycles. The molecule has 0 bridgehead atoms. The molecule has 0 unspecified atom stereocenters. The van der Waals surface area contributed by atoms with Gasteiger partial charge in [-0.2, -0.15) is 5.26 Å². The zero-order valence-corrected chi connectivity index (χ0v) is 18.3. The topological polar surface area (TPSA) is 77.6 Å². The van der Waals surface area contributed by atoms with Crippen molar-refractivity contribution in [1.29, 1.82) is 5.26 Å². The van der Waals surface area contributed by atoms with Crippen LogP contribution in [0.4, 0.5) is 0 Å². The van der Waals surface area contributed by atoms with Gasteiger partial charge in [-0.25, -0.2) is 0 Å². The largest absolute Gasteiger partial charge is 0.468 e. The van der Waals surface area contributed by atoms with E-state index in [2.05, 4.69) is 24.8 Å². The first-order valence-electron chi connectivity index (χ1n) is 10.2. The van der Waals surface area contributed by atoms with Gasteiger partial charge in [0.1, 0.15) is 12.0 Å². The van der Waals surface area contributed by atoms with Crippen molar-refractivity contribution in [3.8, 4) is 6.07 Å². The first-order valence-corrected chi connectivity index (χ1v) is 10.2. The fourth-order valence-electron chi connectivity index (χ4n) is 3.80. The summed E-state index contributed by atoms with van der Waals surface area (Å²) in [5, 5.41) is 9.01. The average Bonchev–Trinajstić information content (AvgIpc) is 3.12. The highest BCUT2D eigenvalue weighted by atomic mass is 35.5. The highest BCUT2D eigenvalue weighted by Gasteiger charge is 2.31. The van der Waals surface area contributed by atoms with Gasteiger partial charge < -0.3 is 14.2 Å². The summed E-state index contributed by atoms with van der Waals surface area (Å²) < 4.78 is 5.67. The number of fused-ring (bicyclic) bond motifs is 2. The molecule has 30 heavy (non-hydrogen) atoms. The number of carbonyl (C=O) groups excluding carboxylic acids is 2. The summed E-state index contributed by atoms with van der Waals surface area (Å²) in [7, 11) is 0. The van der Waals surface area contributed by atoms with Crippen molar-refractivity contribution in [2.24, 2.45) is 0 Å². The van der Waals surface area contributed by atoms with Crippen LogP contribution in [0.1, 0.15) is 57.9 Å². The molecule has 1 heterocycles. The molecule has 1 aromatic heterocycles. The Kier molecular flexibility index (Phi) is 8.64. The van der Waals surface area contributed by atoms with Gasteiger partial charge in [-0.15, -0.1) is 12.4 Å². The summed E-state index contributed by atoms with van der Waals surface area (Å²) in [4.78, 5) is 30.4. The van der Waals surface area contributed by atoms with Gasteiger partial charge in [0.25, 0.3) is 5.91 Å². The van der Waals surface area contributed by atoms with Gasteiger partial charge in [-0.1, -0.05) is 38.1 Å². The van der Waals surface area contributed by atoms with E-state index in [0.29, 0.717) is 48.4 Å². The molecule has 0 spiro atoms. The maximum absolute atomic E-state index is 13.3. The van der Waals surface area contributed by atoms with Gasteiger partial charge in [-0.3, -0.25) is 9.59 Å². The lowest BCUT2D eigenvalue weighted by atomic mass is 9.98. The van der Waals surface area contributed by atoms with E-state index >= 15 is 0 Å². The summed E-state index contributed by atoms with van der Waals surface area (Å²) >= 11 is 0. The number of nitriles is 1. The van der Waals surface area contributed by atoms with Crippen LogP contribution in [0.25, 0.3) is 0 Å². The van der Waals surface area contributed by atoms with Crippen LogP contribution < -0.4 is 0 Å². The third kappa shape index (κ3) is 4.92. The first-order chi connectivity index (χ1) is 14.1. The normalized spacial score (nSPS) is 12.4. The Morgan fingerprint density at radius 2 is 1.87 bits per heavy atom. The lowest BCUT2D eigenvalue weighted by Gasteiger charge is -2.26. The Hall–Kier alpha value is -2.62. The molecule has 0 radical (unpaired) electrons. The number of halogens is 1. The number of aryl methyl sites for hydroxylation is 2. The highest BCUT2D eigenvalue weighted by molar-refractivity contribution is 6.16. The van der Waals surface area contributed by atoms with Crippen molar-refractivity contribution in [3.05, 3.63) is 58.5 Å². The molecule has 0 N–H and O–H groups in total. The number of carbonyl (C=O) groups is 2. The van der Waals surface area contributed by atoms with Crippen molar-refractivity contribution >= 4 is 24.1 Å². The van der Waals surface area contributed by atoms with Crippen LogP contribution in [0.15, 0.2) is 34.9 Å². The van der Waals surface area contributed by atoms with E-state index in [9.17, 15) is 9.59 Å². The molecule has 0 atom stereocenters. The van der Waals surface area contributed by atoms with E-state index in [4.69, 9.17) is 9.68 Å². The summed E-state index contributed by atoms with van der Waals surface area (Å²) in [5.74, 6) is 0.165. The van der Waals surface area contributed by atoms with Gasteiger partial charge in [0.15, 0.2) is 5.78 Å². The number of amides is 1. The smallest absolute Gasteiger partial charge is 0.257 e. The summed E-state index contributed by atoms with van der Waals surface area (Å²) in [5.41, 5.74) is 2.29. The van der Waals surface area contributed by atoms with Crippen molar-refractivity contribution in [3.63, 3.8) is 0 Å². The Morgan fingerprint density at radius 3 is 2.57 bits per heavy atom.